The lowest BCUT2D eigenvalue weighted by Crippen LogP contribution is -2.36. The van der Waals surface area contributed by atoms with Crippen molar-refractivity contribution in [1.82, 2.24) is 10.2 Å². The summed E-state index contributed by atoms with van der Waals surface area (Å²) in [7, 11) is 0. The van der Waals surface area contributed by atoms with Gasteiger partial charge in [0.05, 0.1) is 0 Å². The van der Waals surface area contributed by atoms with Crippen molar-refractivity contribution in [2.75, 3.05) is 19.6 Å². The van der Waals surface area contributed by atoms with E-state index >= 15 is 0 Å². The number of benzene rings is 1. The Morgan fingerprint density at radius 2 is 2.12 bits per heavy atom. The number of hydrogen-bond acceptors (Lipinski definition) is 2. The third-order valence-corrected chi connectivity index (χ3v) is 3.51. The molecule has 1 aliphatic rings. The molecule has 3 heteroatoms. The molecule has 1 aromatic rings. The summed E-state index contributed by atoms with van der Waals surface area (Å²) in [5.41, 5.74) is 1.35. The van der Waals surface area contributed by atoms with Gasteiger partial charge in [0.2, 0.25) is 0 Å². The molecule has 0 saturated carbocycles. The normalized spacial score (nSPS) is 20.6. The van der Waals surface area contributed by atoms with Crippen LogP contribution < -0.4 is 5.32 Å². The van der Waals surface area contributed by atoms with Crippen molar-refractivity contribution in [2.45, 2.75) is 25.9 Å². The Balaban J connectivity index is 1.97. The highest BCUT2D eigenvalue weighted by molar-refractivity contribution is 6.30. The van der Waals surface area contributed by atoms with E-state index in [4.69, 9.17) is 11.6 Å². The largest absolute Gasteiger partial charge is 0.315 e. The van der Waals surface area contributed by atoms with E-state index in [1.807, 2.05) is 12.1 Å². The fourth-order valence-electron chi connectivity index (χ4n) is 2.27. The van der Waals surface area contributed by atoms with Gasteiger partial charge in [-0.05, 0) is 37.2 Å². The molecule has 1 atom stereocenters. The van der Waals surface area contributed by atoms with Crippen LogP contribution >= 0.6 is 11.6 Å². The quantitative estimate of drug-likeness (QED) is 0.867. The molecule has 1 aromatic carbocycles. The fourth-order valence-corrected chi connectivity index (χ4v) is 2.40. The maximum absolute atomic E-state index is 5.89. The molecule has 16 heavy (non-hydrogen) atoms. The minimum absolute atomic E-state index is 0.695. The Morgan fingerprint density at radius 1 is 1.38 bits per heavy atom. The molecule has 1 N–H and O–H groups in total. The van der Waals surface area contributed by atoms with Gasteiger partial charge in [-0.1, -0.05) is 30.7 Å². The third-order valence-electron chi connectivity index (χ3n) is 3.26. The van der Waals surface area contributed by atoms with E-state index in [0.717, 1.165) is 31.2 Å². The van der Waals surface area contributed by atoms with Crippen molar-refractivity contribution in [1.29, 1.82) is 0 Å². The zero-order valence-corrected chi connectivity index (χ0v) is 10.5. The Bertz CT molecular complexity index is 317. The highest BCUT2D eigenvalue weighted by atomic mass is 35.5. The Labute approximate surface area is 103 Å². The molecular formula is C13H19ClN2. The van der Waals surface area contributed by atoms with Crippen molar-refractivity contribution in [3.63, 3.8) is 0 Å². The first kappa shape index (κ1) is 11.9. The lowest BCUT2D eigenvalue weighted by atomic mass is 10.1. The number of nitrogens with zero attached hydrogens (tertiary/aromatic N) is 1. The van der Waals surface area contributed by atoms with Gasteiger partial charge in [0.25, 0.3) is 0 Å². The topological polar surface area (TPSA) is 15.3 Å². The predicted octanol–water partition coefficient (Wildman–Crippen LogP) is 2.52. The zero-order valence-electron chi connectivity index (χ0n) is 9.75. The van der Waals surface area contributed by atoms with Crippen LogP contribution in [0.15, 0.2) is 24.3 Å². The van der Waals surface area contributed by atoms with Crippen LogP contribution in [0.5, 0.6) is 0 Å². The molecule has 1 heterocycles. The van der Waals surface area contributed by atoms with Gasteiger partial charge in [-0.2, -0.15) is 0 Å². The van der Waals surface area contributed by atoms with Crippen molar-refractivity contribution in [2.24, 2.45) is 0 Å². The van der Waals surface area contributed by atoms with Crippen molar-refractivity contribution in [3.8, 4) is 0 Å². The van der Waals surface area contributed by atoms with Crippen LogP contribution in [0.25, 0.3) is 0 Å². The van der Waals surface area contributed by atoms with Gasteiger partial charge >= 0.3 is 0 Å². The van der Waals surface area contributed by atoms with Crippen LogP contribution in [0.2, 0.25) is 5.02 Å². The first-order chi connectivity index (χ1) is 7.79. The van der Waals surface area contributed by atoms with Gasteiger partial charge in [0, 0.05) is 24.2 Å². The maximum atomic E-state index is 5.89. The van der Waals surface area contributed by atoms with Crippen LogP contribution in [-0.4, -0.2) is 30.6 Å². The molecule has 2 nitrogen and oxygen atoms in total. The number of likely N-dealkylation sites (N-methyl/N-ethyl adjacent to an activating group) is 1. The van der Waals surface area contributed by atoms with Crippen molar-refractivity contribution in [3.05, 3.63) is 34.9 Å². The van der Waals surface area contributed by atoms with E-state index < -0.39 is 0 Å². The molecule has 0 amide bonds. The second-order valence-corrected chi connectivity index (χ2v) is 4.77. The average molecular weight is 239 g/mol. The summed E-state index contributed by atoms with van der Waals surface area (Å²) in [6.45, 7) is 6.65. The Morgan fingerprint density at radius 3 is 2.69 bits per heavy atom. The lowest BCUT2D eigenvalue weighted by Gasteiger charge is -2.26. The summed E-state index contributed by atoms with van der Waals surface area (Å²) >= 11 is 5.89. The van der Waals surface area contributed by atoms with Gasteiger partial charge in [0.15, 0.2) is 0 Å². The van der Waals surface area contributed by atoms with Crippen molar-refractivity contribution < 1.29 is 0 Å². The molecule has 1 saturated heterocycles. The number of nitrogens with one attached hydrogen (secondary N) is 1. The van der Waals surface area contributed by atoms with Crippen LogP contribution in [0, 0.1) is 0 Å². The van der Waals surface area contributed by atoms with Crippen LogP contribution in [-0.2, 0) is 6.54 Å². The van der Waals surface area contributed by atoms with Gasteiger partial charge in [0.1, 0.15) is 0 Å². The molecule has 0 bridgehead atoms. The molecule has 2 rings (SSSR count). The summed E-state index contributed by atoms with van der Waals surface area (Å²) in [6.07, 6.45) is 1.27. The SMILES string of the molecule is CCN(Cc1ccc(Cl)cc1)[C@@H]1CCNC1. The molecular weight excluding hydrogens is 220 g/mol. The highest BCUT2D eigenvalue weighted by Gasteiger charge is 2.20. The van der Waals surface area contributed by atoms with E-state index in [1.54, 1.807) is 0 Å². The average Bonchev–Trinajstić information content (AvgIpc) is 2.82. The summed E-state index contributed by atoms with van der Waals surface area (Å²) in [6, 6.07) is 8.87. The first-order valence-electron chi connectivity index (χ1n) is 5.99. The summed E-state index contributed by atoms with van der Waals surface area (Å²) in [4.78, 5) is 2.53. The van der Waals surface area contributed by atoms with E-state index in [9.17, 15) is 0 Å². The second-order valence-electron chi connectivity index (χ2n) is 4.34. The van der Waals surface area contributed by atoms with E-state index in [-0.39, 0.29) is 0 Å². The molecule has 0 aliphatic carbocycles. The minimum atomic E-state index is 0.695. The molecule has 0 spiro atoms. The number of halogens is 1. The highest BCUT2D eigenvalue weighted by Crippen LogP contribution is 2.15. The van der Waals surface area contributed by atoms with Crippen LogP contribution in [0.1, 0.15) is 18.9 Å². The Kier molecular flexibility index (Phi) is 4.22. The first-order valence-corrected chi connectivity index (χ1v) is 6.36. The third kappa shape index (κ3) is 2.97. The molecule has 88 valence electrons. The summed E-state index contributed by atoms with van der Waals surface area (Å²) < 4.78 is 0. The molecule has 1 aliphatic heterocycles. The van der Waals surface area contributed by atoms with Crippen LogP contribution in [0.3, 0.4) is 0 Å². The molecule has 1 fully saturated rings. The Hall–Kier alpha value is -0.570. The van der Waals surface area contributed by atoms with Gasteiger partial charge in [-0.25, -0.2) is 0 Å². The van der Waals surface area contributed by atoms with Gasteiger partial charge in [-0.3, -0.25) is 4.90 Å². The van der Waals surface area contributed by atoms with Crippen LogP contribution in [0.4, 0.5) is 0 Å². The van der Waals surface area contributed by atoms with Gasteiger partial charge in [-0.15, -0.1) is 0 Å². The smallest absolute Gasteiger partial charge is 0.0406 e. The summed E-state index contributed by atoms with van der Waals surface area (Å²) in [5.74, 6) is 0. The number of hydrogen-bond donors (Lipinski definition) is 1. The van der Waals surface area contributed by atoms with E-state index in [0.29, 0.717) is 6.04 Å². The molecule has 0 unspecified atom stereocenters. The predicted molar refractivity (Wildman–Crippen MR) is 68.8 cm³/mol. The standard InChI is InChI=1S/C13H19ClN2/c1-2-16(13-7-8-15-9-13)10-11-3-5-12(14)6-4-11/h3-6,13,15H,2,7-10H2,1H3/t13-/m1/s1. The summed E-state index contributed by atoms with van der Waals surface area (Å²) in [5, 5.41) is 4.23. The fraction of sp³-hybridized carbons (Fsp3) is 0.538. The van der Waals surface area contributed by atoms with E-state index in [2.05, 4.69) is 29.3 Å². The lowest BCUT2D eigenvalue weighted by molar-refractivity contribution is 0.210. The molecule has 0 aromatic heterocycles. The second kappa shape index (κ2) is 5.67. The molecule has 0 radical (unpaired) electrons. The van der Waals surface area contributed by atoms with E-state index in [1.165, 1.54) is 12.0 Å². The van der Waals surface area contributed by atoms with Gasteiger partial charge < -0.3 is 5.32 Å². The zero-order chi connectivity index (χ0) is 11.4. The maximum Gasteiger partial charge on any atom is 0.0406 e. The van der Waals surface area contributed by atoms with Crippen molar-refractivity contribution >= 4 is 11.6 Å². The monoisotopic (exact) mass is 238 g/mol. The minimum Gasteiger partial charge on any atom is -0.315 e. The number of rotatable bonds is 4.